The third-order valence-corrected chi connectivity index (χ3v) is 7.10. The molecular formula is C17H19ClN4O3S2. The molecule has 3 rings (SSSR count). The lowest BCUT2D eigenvalue weighted by Gasteiger charge is -2.12. The highest BCUT2D eigenvalue weighted by Gasteiger charge is 2.21. The van der Waals surface area contributed by atoms with Crippen molar-refractivity contribution < 1.29 is 13.2 Å². The van der Waals surface area contributed by atoms with Gasteiger partial charge in [0.25, 0.3) is 15.9 Å². The highest BCUT2D eigenvalue weighted by atomic mass is 35.5. The van der Waals surface area contributed by atoms with E-state index in [1.54, 1.807) is 24.3 Å². The van der Waals surface area contributed by atoms with Crippen molar-refractivity contribution in [3.8, 4) is 0 Å². The SMILES string of the molecule is O=C(Nc1nnc(S(=O)(=O)NCCC2=CCCCC2)s1)c1ccccc1Cl. The summed E-state index contributed by atoms with van der Waals surface area (Å²) in [5, 5.41) is 10.3. The standard InChI is InChI=1S/C17H19ClN4O3S2/c18-14-9-5-4-8-13(14)15(23)20-16-21-22-17(26-16)27(24,25)19-11-10-12-6-2-1-3-7-12/h4-6,8-9,19H,1-3,7,10-11H2,(H,20,21,23). The summed E-state index contributed by atoms with van der Waals surface area (Å²) in [5.41, 5.74) is 1.56. The van der Waals surface area contributed by atoms with Crippen LogP contribution < -0.4 is 10.0 Å². The first-order chi connectivity index (χ1) is 13.0. The fraction of sp³-hybridized carbons (Fsp3) is 0.353. The van der Waals surface area contributed by atoms with Crippen molar-refractivity contribution in [2.24, 2.45) is 0 Å². The molecule has 1 aliphatic carbocycles. The van der Waals surface area contributed by atoms with Crippen LogP contribution in [0.5, 0.6) is 0 Å². The number of hydrogen-bond acceptors (Lipinski definition) is 6. The maximum absolute atomic E-state index is 12.3. The minimum absolute atomic E-state index is 0.0929. The van der Waals surface area contributed by atoms with E-state index in [9.17, 15) is 13.2 Å². The van der Waals surface area contributed by atoms with Gasteiger partial charge in [-0.1, -0.05) is 46.7 Å². The van der Waals surface area contributed by atoms with Crippen LogP contribution in [0.4, 0.5) is 5.13 Å². The van der Waals surface area contributed by atoms with Crippen LogP contribution in [0, 0.1) is 0 Å². The van der Waals surface area contributed by atoms with Gasteiger partial charge in [-0.15, -0.1) is 10.2 Å². The molecule has 1 amide bonds. The molecule has 0 unspecified atom stereocenters. The van der Waals surface area contributed by atoms with Gasteiger partial charge in [-0.25, -0.2) is 13.1 Å². The number of carbonyl (C=O) groups is 1. The van der Waals surface area contributed by atoms with Gasteiger partial charge in [-0.05, 0) is 44.2 Å². The second-order valence-electron chi connectivity index (χ2n) is 6.06. The van der Waals surface area contributed by atoms with Crippen molar-refractivity contribution >= 4 is 44.0 Å². The van der Waals surface area contributed by atoms with E-state index in [2.05, 4.69) is 26.3 Å². The van der Waals surface area contributed by atoms with E-state index in [0.29, 0.717) is 18.0 Å². The first kappa shape index (κ1) is 19.9. The maximum atomic E-state index is 12.3. The Balaban J connectivity index is 1.59. The van der Waals surface area contributed by atoms with Crippen molar-refractivity contribution in [3.05, 3.63) is 46.5 Å². The fourth-order valence-corrected chi connectivity index (χ4v) is 4.91. The quantitative estimate of drug-likeness (QED) is 0.520. The van der Waals surface area contributed by atoms with Gasteiger partial charge in [0.2, 0.25) is 9.47 Å². The zero-order valence-electron chi connectivity index (χ0n) is 14.4. The summed E-state index contributed by atoms with van der Waals surface area (Å²) in [4.78, 5) is 12.2. The van der Waals surface area contributed by atoms with Gasteiger partial charge in [0.05, 0.1) is 10.6 Å². The Morgan fingerprint density at radius 3 is 2.78 bits per heavy atom. The average molecular weight is 427 g/mol. The number of allylic oxidation sites excluding steroid dienone is 1. The molecular weight excluding hydrogens is 408 g/mol. The summed E-state index contributed by atoms with van der Waals surface area (Å²) in [6, 6.07) is 6.56. The number of nitrogens with zero attached hydrogens (tertiary/aromatic N) is 2. The number of anilines is 1. The van der Waals surface area contributed by atoms with Crippen molar-refractivity contribution in [2.75, 3.05) is 11.9 Å². The van der Waals surface area contributed by atoms with E-state index in [-0.39, 0.29) is 15.0 Å². The summed E-state index contributed by atoms with van der Waals surface area (Å²) in [6.07, 6.45) is 7.32. The molecule has 1 heterocycles. The van der Waals surface area contributed by atoms with E-state index in [1.807, 2.05) is 0 Å². The molecule has 144 valence electrons. The molecule has 1 aromatic carbocycles. The number of halogens is 1. The normalized spacial score (nSPS) is 14.6. The number of carbonyl (C=O) groups excluding carboxylic acids is 1. The van der Waals surface area contributed by atoms with E-state index in [0.717, 1.165) is 30.6 Å². The summed E-state index contributed by atoms with van der Waals surface area (Å²) < 4.78 is 27.0. The van der Waals surface area contributed by atoms with Crippen molar-refractivity contribution in [1.29, 1.82) is 0 Å². The molecule has 0 bridgehead atoms. The molecule has 0 atom stereocenters. The average Bonchev–Trinajstić information content (AvgIpc) is 3.12. The van der Waals surface area contributed by atoms with E-state index >= 15 is 0 Å². The molecule has 2 aromatic rings. The first-order valence-electron chi connectivity index (χ1n) is 8.53. The number of rotatable bonds is 7. The van der Waals surface area contributed by atoms with Crippen LogP contribution in [0.1, 0.15) is 42.5 Å². The van der Waals surface area contributed by atoms with Gasteiger partial charge in [0.1, 0.15) is 0 Å². The summed E-state index contributed by atoms with van der Waals surface area (Å²) in [5.74, 6) is -0.474. The van der Waals surface area contributed by atoms with Crippen LogP contribution in [0.15, 0.2) is 40.3 Å². The fourth-order valence-electron chi connectivity index (χ4n) is 2.72. The molecule has 0 fully saturated rings. The Morgan fingerprint density at radius 2 is 2.04 bits per heavy atom. The van der Waals surface area contributed by atoms with Crippen LogP contribution in [-0.2, 0) is 10.0 Å². The van der Waals surface area contributed by atoms with E-state index < -0.39 is 15.9 Å². The summed E-state index contributed by atoms with van der Waals surface area (Å²) in [6.45, 7) is 0.315. The number of benzene rings is 1. The largest absolute Gasteiger partial charge is 0.296 e. The van der Waals surface area contributed by atoms with Crippen LogP contribution in [-0.4, -0.2) is 31.1 Å². The highest BCUT2D eigenvalue weighted by Crippen LogP contribution is 2.23. The molecule has 0 aliphatic heterocycles. The molecule has 0 saturated carbocycles. The van der Waals surface area contributed by atoms with Crippen LogP contribution in [0.2, 0.25) is 5.02 Å². The van der Waals surface area contributed by atoms with Crippen molar-refractivity contribution in [2.45, 2.75) is 36.4 Å². The highest BCUT2D eigenvalue weighted by molar-refractivity contribution is 7.91. The zero-order chi connectivity index (χ0) is 19.3. The van der Waals surface area contributed by atoms with Crippen molar-refractivity contribution in [3.63, 3.8) is 0 Å². The number of amides is 1. The summed E-state index contributed by atoms with van der Waals surface area (Å²) >= 11 is 6.77. The molecule has 1 aromatic heterocycles. The summed E-state index contributed by atoms with van der Waals surface area (Å²) in [7, 11) is -3.76. The maximum Gasteiger partial charge on any atom is 0.269 e. The molecule has 0 radical (unpaired) electrons. The molecule has 2 N–H and O–H groups in total. The monoisotopic (exact) mass is 426 g/mol. The lowest BCUT2D eigenvalue weighted by molar-refractivity contribution is 0.102. The Hall–Kier alpha value is -1.81. The third kappa shape index (κ3) is 5.35. The van der Waals surface area contributed by atoms with Gasteiger partial charge in [-0.2, -0.15) is 0 Å². The van der Waals surface area contributed by atoms with Crippen LogP contribution in [0.3, 0.4) is 0 Å². The predicted molar refractivity (Wildman–Crippen MR) is 106 cm³/mol. The molecule has 0 saturated heterocycles. The van der Waals surface area contributed by atoms with Crippen LogP contribution in [0.25, 0.3) is 0 Å². The lowest BCUT2D eigenvalue weighted by atomic mass is 9.97. The Morgan fingerprint density at radius 1 is 1.22 bits per heavy atom. The first-order valence-corrected chi connectivity index (χ1v) is 11.2. The van der Waals surface area contributed by atoms with Gasteiger partial charge in [0, 0.05) is 6.54 Å². The number of hydrogen-bond donors (Lipinski definition) is 2. The van der Waals surface area contributed by atoms with Gasteiger partial charge < -0.3 is 0 Å². The van der Waals surface area contributed by atoms with Gasteiger partial charge in [0.15, 0.2) is 0 Å². The second-order valence-corrected chi connectivity index (χ2v) is 9.39. The van der Waals surface area contributed by atoms with Gasteiger partial charge in [-0.3, -0.25) is 10.1 Å². The number of nitrogens with one attached hydrogen (secondary N) is 2. The smallest absolute Gasteiger partial charge is 0.269 e. The molecule has 27 heavy (non-hydrogen) atoms. The predicted octanol–water partition coefficient (Wildman–Crippen LogP) is 3.61. The Bertz CT molecular complexity index is 957. The molecule has 0 spiro atoms. The Kier molecular flexibility index (Phi) is 6.59. The van der Waals surface area contributed by atoms with E-state index in [4.69, 9.17) is 11.6 Å². The molecule has 1 aliphatic rings. The van der Waals surface area contributed by atoms with Crippen molar-refractivity contribution in [1.82, 2.24) is 14.9 Å². The minimum atomic E-state index is -3.76. The second kappa shape index (κ2) is 8.92. The number of aromatic nitrogens is 2. The van der Waals surface area contributed by atoms with E-state index in [1.165, 1.54) is 12.0 Å². The minimum Gasteiger partial charge on any atom is -0.296 e. The topological polar surface area (TPSA) is 101 Å². The Labute approximate surface area is 166 Å². The molecule has 7 nitrogen and oxygen atoms in total. The zero-order valence-corrected chi connectivity index (χ0v) is 16.8. The van der Waals surface area contributed by atoms with Gasteiger partial charge >= 0.3 is 0 Å². The third-order valence-electron chi connectivity index (χ3n) is 4.10. The van der Waals surface area contributed by atoms with Crippen LogP contribution >= 0.6 is 22.9 Å². The molecule has 10 heteroatoms. The number of sulfonamides is 1. The lowest BCUT2D eigenvalue weighted by Crippen LogP contribution is -2.25.